The van der Waals surface area contributed by atoms with Crippen molar-refractivity contribution in [3.8, 4) is 5.75 Å². The zero-order valence-corrected chi connectivity index (χ0v) is 24.9. The molecule has 4 aromatic carbocycles. The molecule has 0 bridgehead atoms. The highest BCUT2D eigenvalue weighted by atomic mass is 79.9. The zero-order chi connectivity index (χ0) is 28.5. The van der Waals surface area contributed by atoms with Crippen LogP contribution in [0.1, 0.15) is 16.7 Å². The number of halogens is 3. The summed E-state index contributed by atoms with van der Waals surface area (Å²) in [6.45, 7) is -0.164. The molecule has 0 radical (unpaired) electrons. The average Bonchev–Trinajstić information content (AvgIpc) is 2.94. The van der Waals surface area contributed by atoms with Gasteiger partial charge in [-0.05, 0) is 65.2 Å². The summed E-state index contributed by atoms with van der Waals surface area (Å²) in [5.74, 6) is 0.0287. The Labute approximate surface area is 251 Å². The third kappa shape index (κ3) is 8.39. The molecule has 206 valence electrons. The maximum atomic E-state index is 13.5. The lowest BCUT2D eigenvalue weighted by atomic mass is 10.2. The Balaban J connectivity index is 1.44. The molecule has 0 spiro atoms. The smallest absolute Gasteiger partial charge is 0.255 e. The fourth-order valence-electron chi connectivity index (χ4n) is 3.62. The Morgan fingerprint density at radius 1 is 0.900 bits per heavy atom. The molecule has 0 aliphatic carbocycles. The molecule has 0 fully saturated rings. The average molecular weight is 661 g/mol. The highest BCUT2D eigenvalue weighted by Crippen LogP contribution is 2.25. The number of amides is 1. The number of hydrogen-bond acceptors (Lipinski definition) is 5. The normalized spacial score (nSPS) is 11.6. The molecular weight excluding hydrogens is 637 g/mol. The van der Waals surface area contributed by atoms with Gasteiger partial charge < -0.3 is 4.74 Å². The molecule has 0 aromatic heterocycles. The minimum absolute atomic E-state index is 0.0411. The van der Waals surface area contributed by atoms with Gasteiger partial charge in [0.25, 0.3) is 5.91 Å². The van der Waals surface area contributed by atoms with Crippen LogP contribution in [0, 0.1) is 0 Å². The van der Waals surface area contributed by atoms with Gasteiger partial charge in [-0.15, -0.1) is 0 Å². The summed E-state index contributed by atoms with van der Waals surface area (Å²) in [6, 6.07) is 28.0. The first kappa shape index (κ1) is 29.8. The summed E-state index contributed by atoms with van der Waals surface area (Å²) in [4.78, 5) is 12.8. The van der Waals surface area contributed by atoms with Gasteiger partial charge in [0, 0.05) is 11.0 Å². The number of benzene rings is 4. The van der Waals surface area contributed by atoms with E-state index in [-0.39, 0.29) is 16.5 Å². The molecule has 4 aromatic rings. The number of carbonyl (C=O) groups excluding carboxylic acids is 1. The van der Waals surface area contributed by atoms with E-state index in [0.717, 1.165) is 14.3 Å². The van der Waals surface area contributed by atoms with Crippen LogP contribution in [0.15, 0.2) is 112 Å². The predicted molar refractivity (Wildman–Crippen MR) is 161 cm³/mol. The number of carbonyl (C=O) groups is 1. The first-order chi connectivity index (χ1) is 19.2. The molecule has 11 heteroatoms. The molecule has 0 unspecified atom stereocenters. The first-order valence-corrected chi connectivity index (χ1v) is 15.0. The fraction of sp³-hybridized carbons (Fsp3) is 0.103. The van der Waals surface area contributed by atoms with Crippen molar-refractivity contribution in [3.63, 3.8) is 0 Å². The predicted octanol–water partition coefficient (Wildman–Crippen LogP) is 6.68. The molecule has 0 heterocycles. The molecule has 0 saturated heterocycles. The lowest BCUT2D eigenvalue weighted by Crippen LogP contribution is -2.39. The van der Waals surface area contributed by atoms with Crippen LogP contribution in [-0.2, 0) is 28.0 Å². The molecule has 0 atom stereocenters. The summed E-state index contributed by atoms with van der Waals surface area (Å²) in [6.07, 6.45) is 1.46. The number of hydrazone groups is 1. The largest absolute Gasteiger partial charge is 0.489 e. The van der Waals surface area contributed by atoms with Gasteiger partial charge in [-0.3, -0.25) is 4.79 Å². The van der Waals surface area contributed by atoms with Crippen LogP contribution in [-0.4, -0.2) is 31.4 Å². The first-order valence-electron chi connectivity index (χ1n) is 12.0. The van der Waals surface area contributed by atoms with Gasteiger partial charge in [0.15, 0.2) is 0 Å². The molecule has 0 saturated carbocycles. The molecule has 4 rings (SSSR count). The van der Waals surface area contributed by atoms with E-state index in [1.54, 1.807) is 42.5 Å². The number of nitrogens with one attached hydrogen (secondary N) is 1. The zero-order valence-electron chi connectivity index (χ0n) is 21.0. The van der Waals surface area contributed by atoms with Crippen LogP contribution in [0.25, 0.3) is 0 Å². The summed E-state index contributed by atoms with van der Waals surface area (Å²) in [5.41, 5.74) is 4.71. The van der Waals surface area contributed by atoms with Crippen molar-refractivity contribution >= 4 is 61.3 Å². The quantitative estimate of drug-likeness (QED) is 0.144. The molecule has 1 N–H and O–H groups in total. The minimum Gasteiger partial charge on any atom is -0.489 e. The number of nitrogens with zero attached hydrogens (tertiary/aromatic N) is 2. The summed E-state index contributed by atoms with van der Waals surface area (Å²) in [7, 11) is -4.04. The molecule has 40 heavy (non-hydrogen) atoms. The van der Waals surface area contributed by atoms with Crippen LogP contribution in [0.5, 0.6) is 5.75 Å². The summed E-state index contributed by atoms with van der Waals surface area (Å²) in [5, 5.41) is 4.63. The van der Waals surface area contributed by atoms with E-state index >= 15 is 0 Å². The van der Waals surface area contributed by atoms with E-state index in [1.165, 1.54) is 18.3 Å². The molecule has 0 aliphatic rings. The third-order valence-corrected chi connectivity index (χ3v) is 8.70. The number of ether oxygens (including phenoxy) is 1. The fourth-order valence-corrected chi connectivity index (χ4v) is 5.59. The van der Waals surface area contributed by atoms with Crippen LogP contribution >= 0.6 is 39.1 Å². The van der Waals surface area contributed by atoms with Gasteiger partial charge in [0.05, 0.1) is 27.7 Å². The molecule has 7 nitrogen and oxygen atoms in total. The second-order valence-electron chi connectivity index (χ2n) is 8.62. The van der Waals surface area contributed by atoms with E-state index in [2.05, 4.69) is 26.5 Å². The van der Waals surface area contributed by atoms with Crippen LogP contribution in [0.3, 0.4) is 0 Å². The summed E-state index contributed by atoms with van der Waals surface area (Å²) < 4.78 is 34.5. The summed E-state index contributed by atoms with van der Waals surface area (Å²) >= 11 is 15.4. The van der Waals surface area contributed by atoms with E-state index in [9.17, 15) is 13.2 Å². The second kappa shape index (κ2) is 13.9. The topological polar surface area (TPSA) is 88.1 Å². The highest BCUT2D eigenvalue weighted by Gasteiger charge is 2.27. The van der Waals surface area contributed by atoms with Crippen molar-refractivity contribution in [2.75, 3.05) is 6.54 Å². The third-order valence-electron chi connectivity index (χ3n) is 5.62. The van der Waals surface area contributed by atoms with Gasteiger partial charge >= 0.3 is 0 Å². The van der Waals surface area contributed by atoms with E-state index in [1.807, 2.05) is 42.5 Å². The standard InChI is InChI=1S/C29H24BrCl2N3O4S/c30-24-10-12-26(13-11-24)40(37,38)35(18-23-9-14-27(31)28(32)16-23)19-29(36)34-33-17-22-7-4-8-25(15-22)39-20-21-5-2-1-3-6-21/h1-17H,18-20H2,(H,34,36)/b33-17+. The van der Waals surface area contributed by atoms with E-state index in [0.29, 0.717) is 28.5 Å². The number of rotatable bonds is 11. The van der Waals surface area contributed by atoms with Crippen molar-refractivity contribution in [2.24, 2.45) is 5.10 Å². The Morgan fingerprint density at radius 2 is 1.65 bits per heavy atom. The van der Waals surface area contributed by atoms with Crippen molar-refractivity contribution in [1.29, 1.82) is 0 Å². The Kier molecular flexibility index (Phi) is 10.4. The van der Waals surface area contributed by atoms with Gasteiger partial charge in [-0.25, -0.2) is 13.8 Å². The van der Waals surface area contributed by atoms with Gasteiger partial charge in [0.2, 0.25) is 10.0 Å². The maximum absolute atomic E-state index is 13.5. The van der Waals surface area contributed by atoms with Crippen molar-refractivity contribution in [2.45, 2.75) is 18.0 Å². The van der Waals surface area contributed by atoms with Crippen molar-refractivity contribution in [3.05, 3.63) is 128 Å². The van der Waals surface area contributed by atoms with Crippen LogP contribution in [0.2, 0.25) is 10.0 Å². The van der Waals surface area contributed by atoms with Crippen LogP contribution < -0.4 is 10.2 Å². The molecule has 1 amide bonds. The van der Waals surface area contributed by atoms with Gasteiger partial charge in [-0.2, -0.15) is 9.41 Å². The lowest BCUT2D eigenvalue weighted by molar-refractivity contribution is -0.121. The van der Waals surface area contributed by atoms with Gasteiger partial charge in [-0.1, -0.05) is 87.7 Å². The highest BCUT2D eigenvalue weighted by molar-refractivity contribution is 9.10. The van der Waals surface area contributed by atoms with Gasteiger partial charge in [0.1, 0.15) is 12.4 Å². The number of sulfonamides is 1. The SMILES string of the molecule is O=C(CN(Cc1ccc(Cl)c(Cl)c1)S(=O)(=O)c1ccc(Br)cc1)N/N=C/c1cccc(OCc2ccccc2)c1. The minimum atomic E-state index is -4.04. The van der Waals surface area contributed by atoms with Crippen molar-refractivity contribution in [1.82, 2.24) is 9.73 Å². The second-order valence-corrected chi connectivity index (χ2v) is 12.3. The Bertz CT molecular complexity index is 1600. The lowest BCUT2D eigenvalue weighted by Gasteiger charge is -2.22. The van der Waals surface area contributed by atoms with Crippen LogP contribution in [0.4, 0.5) is 0 Å². The van der Waals surface area contributed by atoms with Crippen molar-refractivity contribution < 1.29 is 17.9 Å². The van der Waals surface area contributed by atoms with E-state index in [4.69, 9.17) is 27.9 Å². The Morgan fingerprint density at radius 3 is 2.38 bits per heavy atom. The number of hydrogen-bond donors (Lipinski definition) is 1. The monoisotopic (exact) mass is 659 g/mol. The Hall–Kier alpha value is -3.21. The maximum Gasteiger partial charge on any atom is 0.255 e. The van der Waals surface area contributed by atoms with E-state index < -0.39 is 22.5 Å². The molecule has 0 aliphatic heterocycles. The molecular formula is C29H24BrCl2N3O4S.